The second-order valence-electron chi connectivity index (χ2n) is 4.59. The zero-order valence-corrected chi connectivity index (χ0v) is 13.1. The summed E-state index contributed by atoms with van der Waals surface area (Å²) in [5.74, 6) is 0.602. The number of methoxy groups -OCH3 is 1. The van der Waals surface area contributed by atoms with Gasteiger partial charge in [0.1, 0.15) is 11.8 Å². The molecule has 0 spiro atoms. The number of rotatable bonds is 6. The van der Waals surface area contributed by atoms with Gasteiger partial charge in [-0.15, -0.1) is 0 Å². The molecule has 5 nitrogen and oxygen atoms in total. The van der Waals surface area contributed by atoms with E-state index in [9.17, 15) is 4.79 Å². The van der Waals surface area contributed by atoms with Crippen LogP contribution in [0.4, 0.5) is 0 Å². The van der Waals surface area contributed by atoms with Gasteiger partial charge in [-0.2, -0.15) is 0 Å². The molecule has 0 radical (unpaired) electrons. The van der Waals surface area contributed by atoms with Crippen molar-refractivity contribution in [1.29, 1.82) is 0 Å². The molecule has 2 aromatic rings. The number of carbonyl (C=O) groups is 1. The van der Waals surface area contributed by atoms with Gasteiger partial charge in [0.05, 0.1) is 7.11 Å². The first kappa shape index (κ1) is 16.1. The molecule has 0 aliphatic rings. The topological polar surface area (TPSA) is 57.7 Å². The summed E-state index contributed by atoms with van der Waals surface area (Å²) < 4.78 is 15.7. The lowest BCUT2D eigenvalue weighted by Crippen LogP contribution is -2.15. The first-order chi connectivity index (χ1) is 10.6. The van der Waals surface area contributed by atoms with Gasteiger partial charge in [0.2, 0.25) is 0 Å². The lowest BCUT2D eigenvalue weighted by Gasteiger charge is -2.11. The summed E-state index contributed by atoms with van der Waals surface area (Å²) >= 11 is 5.68. The van der Waals surface area contributed by atoms with E-state index in [-0.39, 0.29) is 13.2 Å². The number of hydrogen-bond acceptors (Lipinski definition) is 5. The molecule has 1 aromatic carbocycles. The highest BCUT2D eigenvalue weighted by atomic mass is 35.5. The fraction of sp³-hybridized carbons (Fsp3) is 0.250. The van der Waals surface area contributed by atoms with Gasteiger partial charge in [-0.05, 0) is 30.7 Å². The van der Waals surface area contributed by atoms with E-state index in [1.54, 1.807) is 31.5 Å². The number of ether oxygens (including phenoxy) is 3. The SMILES string of the molecule is COc1cc(C)ccc1OCC(=O)OCc1ccc(Cl)nc1. The van der Waals surface area contributed by atoms with Crippen LogP contribution in [-0.4, -0.2) is 24.7 Å². The molecule has 1 heterocycles. The molecule has 0 aliphatic carbocycles. The van der Waals surface area contributed by atoms with Gasteiger partial charge in [-0.3, -0.25) is 0 Å². The van der Waals surface area contributed by atoms with Gasteiger partial charge in [0.25, 0.3) is 0 Å². The highest BCUT2D eigenvalue weighted by molar-refractivity contribution is 6.29. The molecule has 0 saturated heterocycles. The maximum atomic E-state index is 11.7. The van der Waals surface area contributed by atoms with Crippen molar-refractivity contribution in [3.8, 4) is 11.5 Å². The van der Waals surface area contributed by atoms with Crippen LogP contribution >= 0.6 is 11.6 Å². The number of aromatic nitrogens is 1. The van der Waals surface area contributed by atoms with E-state index in [0.29, 0.717) is 16.7 Å². The Bertz CT molecular complexity index is 643. The number of benzene rings is 1. The van der Waals surface area contributed by atoms with Crippen LogP contribution in [0, 0.1) is 6.92 Å². The van der Waals surface area contributed by atoms with E-state index < -0.39 is 5.97 Å². The van der Waals surface area contributed by atoms with Crippen molar-refractivity contribution >= 4 is 17.6 Å². The first-order valence-corrected chi connectivity index (χ1v) is 7.00. The lowest BCUT2D eigenvalue weighted by molar-refractivity contribution is -0.147. The fourth-order valence-corrected chi connectivity index (χ4v) is 1.84. The molecule has 116 valence electrons. The predicted molar refractivity (Wildman–Crippen MR) is 82.3 cm³/mol. The van der Waals surface area contributed by atoms with E-state index in [0.717, 1.165) is 11.1 Å². The Morgan fingerprint density at radius 3 is 2.73 bits per heavy atom. The molecule has 2 rings (SSSR count). The van der Waals surface area contributed by atoms with E-state index in [4.69, 9.17) is 25.8 Å². The van der Waals surface area contributed by atoms with Gasteiger partial charge in [0.15, 0.2) is 18.1 Å². The molecule has 6 heteroatoms. The smallest absolute Gasteiger partial charge is 0.344 e. The molecule has 0 N–H and O–H groups in total. The Kier molecular flexibility index (Phi) is 5.61. The number of nitrogens with zero attached hydrogens (tertiary/aromatic N) is 1. The highest BCUT2D eigenvalue weighted by Crippen LogP contribution is 2.27. The van der Waals surface area contributed by atoms with Crippen molar-refractivity contribution < 1.29 is 19.0 Å². The molecule has 22 heavy (non-hydrogen) atoms. The average Bonchev–Trinajstić information content (AvgIpc) is 2.53. The molecule has 0 bridgehead atoms. The van der Waals surface area contributed by atoms with Gasteiger partial charge >= 0.3 is 5.97 Å². The third-order valence-corrected chi connectivity index (χ3v) is 3.08. The lowest BCUT2D eigenvalue weighted by atomic mass is 10.2. The molecule has 0 unspecified atom stereocenters. The number of carbonyl (C=O) groups excluding carboxylic acids is 1. The van der Waals surface area contributed by atoms with Crippen LogP contribution in [0.25, 0.3) is 0 Å². The second kappa shape index (κ2) is 7.66. The minimum Gasteiger partial charge on any atom is -0.493 e. The van der Waals surface area contributed by atoms with E-state index >= 15 is 0 Å². The summed E-state index contributed by atoms with van der Waals surface area (Å²) in [5, 5.41) is 0.393. The number of aryl methyl sites for hydroxylation is 1. The van der Waals surface area contributed by atoms with E-state index in [1.165, 1.54) is 0 Å². The fourth-order valence-electron chi connectivity index (χ4n) is 1.73. The number of halogens is 1. The van der Waals surface area contributed by atoms with Gasteiger partial charge in [-0.25, -0.2) is 9.78 Å². The van der Waals surface area contributed by atoms with Gasteiger partial charge in [0, 0.05) is 11.8 Å². The average molecular weight is 322 g/mol. The molecule has 0 fully saturated rings. The van der Waals surface area contributed by atoms with Crippen LogP contribution in [0.5, 0.6) is 11.5 Å². The minimum absolute atomic E-state index is 0.122. The molecule has 0 atom stereocenters. The Labute approximate surface area is 133 Å². The monoisotopic (exact) mass is 321 g/mol. The van der Waals surface area contributed by atoms with E-state index in [2.05, 4.69) is 4.98 Å². The highest BCUT2D eigenvalue weighted by Gasteiger charge is 2.09. The van der Waals surface area contributed by atoms with Crippen LogP contribution in [0.1, 0.15) is 11.1 Å². The maximum absolute atomic E-state index is 11.7. The predicted octanol–water partition coefficient (Wildman–Crippen LogP) is 3.17. The normalized spacial score (nSPS) is 10.1. The zero-order valence-electron chi connectivity index (χ0n) is 12.3. The standard InChI is InChI=1S/C16H16ClNO4/c1-11-3-5-13(14(7-11)20-2)21-10-16(19)22-9-12-4-6-15(17)18-8-12/h3-8H,9-10H2,1-2H3. The molecule has 0 amide bonds. The molecule has 0 aliphatic heterocycles. The van der Waals surface area contributed by atoms with Crippen LogP contribution < -0.4 is 9.47 Å². The van der Waals surface area contributed by atoms with Gasteiger partial charge in [-0.1, -0.05) is 23.7 Å². The molecular formula is C16H16ClNO4. The summed E-state index contributed by atoms with van der Waals surface area (Å²) in [4.78, 5) is 15.6. The number of esters is 1. The maximum Gasteiger partial charge on any atom is 0.344 e. The van der Waals surface area contributed by atoms with Crippen molar-refractivity contribution in [2.24, 2.45) is 0 Å². The summed E-state index contributed by atoms with van der Waals surface area (Å²) in [6, 6.07) is 8.85. The quantitative estimate of drug-likeness (QED) is 0.604. The van der Waals surface area contributed by atoms with Crippen LogP contribution in [-0.2, 0) is 16.1 Å². The first-order valence-electron chi connectivity index (χ1n) is 6.62. The Morgan fingerprint density at radius 1 is 1.23 bits per heavy atom. The number of pyridine rings is 1. The Morgan fingerprint density at radius 2 is 2.05 bits per heavy atom. The van der Waals surface area contributed by atoms with Crippen molar-refractivity contribution in [3.05, 3.63) is 52.8 Å². The summed E-state index contributed by atoms with van der Waals surface area (Å²) in [7, 11) is 1.55. The van der Waals surface area contributed by atoms with Crippen LogP contribution in [0.2, 0.25) is 5.15 Å². The van der Waals surface area contributed by atoms with Gasteiger partial charge < -0.3 is 14.2 Å². The second-order valence-corrected chi connectivity index (χ2v) is 4.98. The Balaban J connectivity index is 1.84. The molecular weight excluding hydrogens is 306 g/mol. The largest absolute Gasteiger partial charge is 0.493 e. The third-order valence-electron chi connectivity index (χ3n) is 2.85. The zero-order chi connectivity index (χ0) is 15.9. The van der Waals surface area contributed by atoms with Crippen molar-refractivity contribution in [2.75, 3.05) is 13.7 Å². The van der Waals surface area contributed by atoms with Crippen molar-refractivity contribution in [1.82, 2.24) is 4.98 Å². The Hall–Kier alpha value is -2.27. The van der Waals surface area contributed by atoms with E-state index in [1.807, 2.05) is 19.1 Å². The van der Waals surface area contributed by atoms with Crippen LogP contribution in [0.3, 0.4) is 0 Å². The number of hydrogen-bond donors (Lipinski definition) is 0. The molecule has 0 saturated carbocycles. The minimum atomic E-state index is -0.474. The molecule has 1 aromatic heterocycles. The summed E-state index contributed by atoms with van der Waals surface area (Å²) in [5.41, 5.74) is 1.80. The van der Waals surface area contributed by atoms with Crippen molar-refractivity contribution in [2.45, 2.75) is 13.5 Å². The summed E-state index contributed by atoms with van der Waals surface area (Å²) in [6.45, 7) is 1.87. The van der Waals surface area contributed by atoms with Crippen molar-refractivity contribution in [3.63, 3.8) is 0 Å². The van der Waals surface area contributed by atoms with Crippen LogP contribution in [0.15, 0.2) is 36.5 Å². The summed E-state index contributed by atoms with van der Waals surface area (Å²) in [6.07, 6.45) is 1.56. The third kappa shape index (κ3) is 4.63.